The van der Waals surface area contributed by atoms with Crippen molar-refractivity contribution in [3.8, 4) is 0 Å². The number of carbonyl (C=O) groups excluding carboxylic acids is 1. The number of fused-ring (bicyclic) bond motifs is 1. The van der Waals surface area contributed by atoms with E-state index < -0.39 is 18.0 Å². The molecule has 0 fully saturated rings. The number of carboxylic acids is 1. The summed E-state index contributed by atoms with van der Waals surface area (Å²) in [5.74, 6) is -1.47. The lowest BCUT2D eigenvalue weighted by atomic mass is 9.97. The van der Waals surface area contributed by atoms with Gasteiger partial charge in [0.15, 0.2) is 6.10 Å². The van der Waals surface area contributed by atoms with Crippen LogP contribution in [0.1, 0.15) is 17.2 Å². The van der Waals surface area contributed by atoms with Gasteiger partial charge in [0.2, 0.25) is 0 Å². The first kappa shape index (κ1) is 11.6. The van der Waals surface area contributed by atoms with Crippen LogP contribution in [0.3, 0.4) is 0 Å². The molecular formula is C12H13NO4. The molecule has 90 valence electrons. The summed E-state index contributed by atoms with van der Waals surface area (Å²) < 4.78 is 5.39. The molecule has 1 aliphatic heterocycles. The predicted molar refractivity (Wildman–Crippen MR) is 59.5 cm³/mol. The highest BCUT2D eigenvalue weighted by Gasteiger charge is 2.27. The molecule has 17 heavy (non-hydrogen) atoms. The third kappa shape index (κ3) is 2.62. The molecule has 0 aliphatic carbocycles. The topological polar surface area (TPSA) is 75.6 Å². The van der Waals surface area contributed by atoms with E-state index in [4.69, 9.17) is 9.84 Å². The Morgan fingerprint density at radius 2 is 2.18 bits per heavy atom. The zero-order valence-electron chi connectivity index (χ0n) is 9.18. The van der Waals surface area contributed by atoms with E-state index in [1.807, 2.05) is 24.3 Å². The number of benzene rings is 1. The third-order valence-electron chi connectivity index (χ3n) is 2.65. The van der Waals surface area contributed by atoms with Gasteiger partial charge in [-0.2, -0.15) is 0 Å². The fourth-order valence-electron chi connectivity index (χ4n) is 1.87. The number of nitrogens with one attached hydrogen (secondary N) is 1. The van der Waals surface area contributed by atoms with Gasteiger partial charge in [-0.15, -0.1) is 0 Å². The van der Waals surface area contributed by atoms with Crippen LogP contribution in [0.5, 0.6) is 0 Å². The Balaban J connectivity index is 2.12. The Hall–Kier alpha value is -1.88. The van der Waals surface area contributed by atoms with Crippen LogP contribution in [0.25, 0.3) is 0 Å². The van der Waals surface area contributed by atoms with Gasteiger partial charge in [-0.1, -0.05) is 24.3 Å². The van der Waals surface area contributed by atoms with Gasteiger partial charge in [0.05, 0.1) is 6.61 Å². The number of carbonyl (C=O) groups is 2. The van der Waals surface area contributed by atoms with Crippen LogP contribution < -0.4 is 5.32 Å². The van der Waals surface area contributed by atoms with Crippen molar-refractivity contribution in [2.45, 2.75) is 12.5 Å². The van der Waals surface area contributed by atoms with Crippen LogP contribution in [-0.2, 0) is 20.7 Å². The fourth-order valence-corrected chi connectivity index (χ4v) is 1.87. The average Bonchev–Trinajstić information content (AvgIpc) is 2.35. The molecule has 2 rings (SSSR count). The molecule has 1 aromatic carbocycles. The van der Waals surface area contributed by atoms with Gasteiger partial charge in [-0.05, 0) is 17.5 Å². The van der Waals surface area contributed by atoms with E-state index in [2.05, 4.69) is 5.32 Å². The maximum atomic E-state index is 11.8. The first-order chi connectivity index (χ1) is 8.18. The SMILES string of the molecule is O=C(O)CNC(=O)C1OCCc2ccccc21. The largest absolute Gasteiger partial charge is 0.480 e. The van der Waals surface area contributed by atoms with Crippen molar-refractivity contribution in [2.24, 2.45) is 0 Å². The van der Waals surface area contributed by atoms with Crippen LogP contribution in [-0.4, -0.2) is 30.1 Å². The Kier molecular flexibility index (Phi) is 3.39. The summed E-state index contributed by atoms with van der Waals surface area (Å²) in [6.07, 6.45) is 0.0816. The second kappa shape index (κ2) is 4.97. The van der Waals surface area contributed by atoms with Crippen LogP contribution >= 0.6 is 0 Å². The number of carboxylic acid groups (broad SMARTS) is 1. The van der Waals surface area contributed by atoms with Crippen molar-refractivity contribution < 1.29 is 19.4 Å². The Morgan fingerprint density at radius 1 is 1.41 bits per heavy atom. The highest BCUT2D eigenvalue weighted by molar-refractivity contribution is 5.85. The zero-order valence-corrected chi connectivity index (χ0v) is 9.18. The van der Waals surface area contributed by atoms with E-state index in [9.17, 15) is 9.59 Å². The number of aliphatic carboxylic acids is 1. The Bertz CT molecular complexity index is 444. The lowest BCUT2D eigenvalue weighted by molar-refractivity contribution is -0.141. The van der Waals surface area contributed by atoms with E-state index in [0.29, 0.717) is 6.61 Å². The molecule has 5 nitrogen and oxygen atoms in total. The molecular weight excluding hydrogens is 222 g/mol. The average molecular weight is 235 g/mol. The number of rotatable bonds is 3. The number of hydrogen-bond donors (Lipinski definition) is 2. The van der Waals surface area contributed by atoms with Gasteiger partial charge in [0.25, 0.3) is 5.91 Å². The first-order valence-corrected chi connectivity index (χ1v) is 5.37. The molecule has 0 bridgehead atoms. The standard InChI is InChI=1S/C12H13NO4/c14-10(15)7-13-12(16)11-9-4-2-1-3-8(9)5-6-17-11/h1-4,11H,5-7H2,(H,13,16)(H,14,15). The van der Waals surface area contributed by atoms with Crippen molar-refractivity contribution in [3.05, 3.63) is 35.4 Å². The summed E-state index contributed by atoms with van der Waals surface area (Å²) in [7, 11) is 0. The summed E-state index contributed by atoms with van der Waals surface area (Å²) in [6.45, 7) is 0.0863. The zero-order chi connectivity index (χ0) is 12.3. The highest BCUT2D eigenvalue weighted by Crippen LogP contribution is 2.26. The van der Waals surface area contributed by atoms with Gasteiger partial charge in [0.1, 0.15) is 6.54 Å². The maximum absolute atomic E-state index is 11.8. The van der Waals surface area contributed by atoms with Gasteiger partial charge in [-0.25, -0.2) is 0 Å². The van der Waals surface area contributed by atoms with Crippen molar-refractivity contribution >= 4 is 11.9 Å². The monoisotopic (exact) mass is 235 g/mol. The minimum atomic E-state index is -1.07. The lowest BCUT2D eigenvalue weighted by Gasteiger charge is -2.24. The molecule has 0 saturated heterocycles. The molecule has 0 radical (unpaired) electrons. The smallest absolute Gasteiger partial charge is 0.322 e. The van der Waals surface area contributed by atoms with E-state index in [1.165, 1.54) is 0 Å². The van der Waals surface area contributed by atoms with Crippen LogP contribution in [0.15, 0.2) is 24.3 Å². The summed E-state index contributed by atoms with van der Waals surface area (Å²) >= 11 is 0. The maximum Gasteiger partial charge on any atom is 0.322 e. The van der Waals surface area contributed by atoms with E-state index in [0.717, 1.165) is 17.5 Å². The second-order valence-corrected chi connectivity index (χ2v) is 3.81. The normalized spacial score (nSPS) is 18.2. The number of hydrogen-bond acceptors (Lipinski definition) is 3. The summed E-state index contributed by atoms with van der Waals surface area (Å²) in [5, 5.41) is 10.8. The summed E-state index contributed by atoms with van der Waals surface area (Å²) in [5.41, 5.74) is 1.90. The molecule has 1 aromatic rings. The first-order valence-electron chi connectivity index (χ1n) is 5.37. The molecule has 0 saturated carbocycles. The van der Waals surface area contributed by atoms with E-state index in [-0.39, 0.29) is 6.54 Å². The molecule has 1 atom stereocenters. The number of ether oxygens (including phenoxy) is 1. The Labute approximate surface area is 98.4 Å². The van der Waals surface area contributed by atoms with E-state index in [1.54, 1.807) is 0 Å². The van der Waals surface area contributed by atoms with Crippen LogP contribution in [0, 0.1) is 0 Å². The molecule has 1 heterocycles. The minimum Gasteiger partial charge on any atom is -0.480 e. The Morgan fingerprint density at radius 3 is 2.94 bits per heavy atom. The predicted octanol–water partition coefficient (Wildman–Crippen LogP) is 0.501. The van der Waals surface area contributed by atoms with Crippen molar-refractivity contribution in [1.82, 2.24) is 5.32 Å². The number of amides is 1. The van der Waals surface area contributed by atoms with Crippen LogP contribution in [0.2, 0.25) is 0 Å². The highest BCUT2D eigenvalue weighted by atomic mass is 16.5. The minimum absolute atomic E-state index is 0.388. The second-order valence-electron chi connectivity index (χ2n) is 3.81. The van der Waals surface area contributed by atoms with Gasteiger partial charge < -0.3 is 15.2 Å². The van der Waals surface area contributed by atoms with Crippen LogP contribution in [0.4, 0.5) is 0 Å². The molecule has 1 unspecified atom stereocenters. The van der Waals surface area contributed by atoms with Gasteiger partial charge in [0, 0.05) is 0 Å². The summed E-state index contributed by atoms with van der Waals surface area (Å²) in [4.78, 5) is 22.1. The lowest BCUT2D eigenvalue weighted by Crippen LogP contribution is -2.36. The van der Waals surface area contributed by atoms with E-state index >= 15 is 0 Å². The molecule has 1 amide bonds. The summed E-state index contributed by atoms with van der Waals surface area (Å²) in [6, 6.07) is 7.54. The molecule has 1 aliphatic rings. The quantitative estimate of drug-likeness (QED) is 0.800. The van der Waals surface area contributed by atoms with Gasteiger partial charge >= 0.3 is 5.97 Å². The van der Waals surface area contributed by atoms with Crippen molar-refractivity contribution in [2.75, 3.05) is 13.2 Å². The molecule has 0 aromatic heterocycles. The third-order valence-corrected chi connectivity index (χ3v) is 2.65. The van der Waals surface area contributed by atoms with Crippen molar-refractivity contribution in [3.63, 3.8) is 0 Å². The molecule has 2 N–H and O–H groups in total. The molecule has 5 heteroatoms. The van der Waals surface area contributed by atoms with Gasteiger partial charge in [-0.3, -0.25) is 9.59 Å². The van der Waals surface area contributed by atoms with Crippen molar-refractivity contribution in [1.29, 1.82) is 0 Å². The fraction of sp³-hybridized carbons (Fsp3) is 0.333. The molecule has 0 spiro atoms.